The number of anilines is 2. The summed E-state index contributed by atoms with van der Waals surface area (Å²) >= 11 is 1.39. The number of thioether (sulfide) groups is 1. The molecule has 3 aromatic rings. The lowest BCUT2D eigenvalue weighted by atomic mass is 10.3. The van der Waals surface area contributed by atoms with E-state index in [1.54, 1.807) is 44.4 Å². The quantitative estimate of drug-likeness (QED) is 0.555. The summed E-state index contributed by atoms with van der Waals surface area (Å²) in [5, 5.41) is 2.74. The third-order valence-corrected chi connectivity index (χ3v) is 6.06. The fraction of sp³-hybridized carbons (Fsp3) is 0.158. The summed E-state index contributed by atoms with van der Waals surface area (Å²) in [6, 6.07) is 11.1. The largest absolute Gasteiger partial charge is 0.325 e. The summed E-state index contributed by atoms with van der Waals surface area (Å²) in [4.78, 5) is 25.2. The van der Waals surface area contributed by atoms with Crippen molar-refractivity contribution in [3.8, 4) is 0 Å². The molecule has 10 heteroatoms. The van der Waals surface area contributed by atoms with Gasteiger partial charge in [0.05, 0.1) is 10.6 Å². The molecule has 0 bridgehead atoms. The molecule has 2 heterocycles. The zero-order chi connectivity index (χ0) is 20.9. The number of rotatable bonds is 7. The molecule has 0 aliphatic rings. The molecule has 0 unspecified atom stereocenters. The molecule has 0 fully saturated rings. The van der Waals surface area contributed by atoms with Gasteiger partial charge in [-0.2, -0.15) is 0 Å². The highest BCUT2D eigenvalue weighted by Gasteiger charge is 2.16. The van der Waals surface area contributed by atoms with E-state index in [1.165, 1.54) is 23.9 Å². The van der Waals surface area contributed by atoms with Gasteiger partial charge in [-0.25, -0.2) is 18.4 Å². The Morgan fingerprint density at radius 2 is 1.72 bits per heavy atom. The normalized spacial score (nSPS) is 11.1. The van der Waals surface area contributed by atoms with Crippen LogP contribution in [0, 0.1) is 13.8 Å². The van der Waals surface area contributed by atoms with E-state index in [0.29, 0.717) is 17.2 Å². The number of sulfonamides is 1. The number of nitrogens with zero attached hydrogens (tertiary/aromatic N) is 3. The first-order valence-electron chi connectivity index (χ1n) is 8.60. The van der Waals surface area contributed by atoms with E-state index >= 15 is 0 Å². The van der Waals surface area contributed by atoms with Crippen LogP contribution < -0.4 is 10.0 Å². The van der Waals surface area contributed by atoms with Crippen LogP contribution in [0.5, 0.6) is 0 Å². The Hall–Kier alpha value is -2.98. The molecule has 0 aliphatic carbocycles. The number of amides is 1. The highest BCUT2D eigenvalue weighted by Crippen LogP contribution is 2.19. The van der Waals surface area contributed by atoms with E-state index in [4.69, 9.17) is 0 Å². The minimum atomic E-state index is -3.80. The van der Waals surface area contributed by atoms with Gasteiger partial charge < -0.3 is 5.32 Å². The summed E-state index contributed by atoms with van der Waals surface area (Å²) in [7, 11) is -3.80. The maximum absolute atomic E-state index is 12.5. The second-order valence-corrected chi connectivity index (χ2v) is 8.82. The summed E-state index contributed by atoms with van der Waals surface area (Å²) < 4.78 is 27.5. The lowest BCUT2D eigenvalue weighted by Crippen LogP contribution is -2.16. The van der Waals surface area contributed by atoms with Gasteiger partial charge in [-0.1, -0.05) is 0 Å². The van der Waals surface area contributed by atoms with E-state index in [-0.39, 0.29) is 22.4 Å². The van der Waals surface area contributed by atoms with E-state index < -0.39 is 10.0 Å². The van der Waals surface area contributed by atoms with Crippen LogP contribution in [-0.4, -0.2) is 35.0 Å². The van der Waals surface area contributed by atoms with Crippen LogP contribution in [0.4, 0.5) is 11.5 Å². The fourth-order valence-electron chi connectivity index (χ4n) is 2.46. The average Bonchev–Trinajstić information content (AvgIpc) is 2.66. The third-order valence-electron chi connectivity index (χ3n) is 3.67. The van der Waals surface area contributed by atoms with Gasteiger partial charge in [-0.05, 0) is 50.2 Å². The highest BCUT2D eigenvalue weighted by molar-refractivity contribution is 8.00. The Balaban J connectivity index is 1.62. The molecule has 150 valence electrons. The number of carbonyl (C=O) groups excluding carboxylic acids is 1. The van der Waals surface area contributed by atoms with Crippen molar-refractivity contribution in [2.75, 3.05) is 15.8 Å². The number of nitrogens with one attached hydrogen (secondary N) is 2. The van der Waals surface area contributed by atoms with Crippen molar-refractivity contribution in [1.82, 2.24) is 15.0 Å². The van der Waals surface area contributed by atoms with Crippen molar-refractivity contribution in [3.63, 3.8) is 0 Å². The van der Waals surface area contributed by atoms with Crippen LogP contribution >= 0.6 is 11.8 Å². The minimum absolute atomic E-state index is 0.0653. The molecule has 3 rings (SSSR count). The summed E-state index contributed by atoms with van der Waals surface area (Å²) in [6.07, 6.45) is 3.33. The van der Waals surface area contributed by atoms with Gasteiger partial charge in [0.1, 0.15) is 11.6 Å². The maximum atomic E-state index is 12.5. The maximum Gasteiger partial charge on any atom is 0.263 e. The van der Waals surface area contributed by atoms with Gasteiger partial charge in [0, 0.05) is 34.7 Å². The molecule has 0 atom stereocenters. The molecule has 1 aromatic carbocycles. The Morgan fingerprint density at radius 1 is 1.03 bits per heavy atom. The van der Waals surface area contributed by atoms with Crippen molar-refractivity contribution >= 4 is 39.2 Å². The van der Waals surface area contributed by atoms with E-state index in [2.05, 4.69) is 25.0 Å². The summed E-state index contributed by atoms with van der Waals surface area (Å²) in [6.45, 7) is 3.45. The predicted molar refractivity (Wildman–Crippen MR) is 112 cm³/mol. The smallest absolute Gasteiger partial charge is 0.263 e. The topological polar surface area (TPSA) is 114 Å². The van der Waals surface area contributed by atoms with Crippen LogP contribution in [0.15, 0.2) is 64.6 Å². The van der Waals surface area contributed by atoms with E-state index in [9.17, 15) is 13.2 Å². The number of benzene rings is 1. The number of hydrogen-bond donors (Lipinski definition) is 2. The van der Waals surface area contributed by atoms with Crippen molar-refractivity contribution in [2.45, 2.75) is 23.6 Å². The van der Waals surface area contributed by atoms with Gasteiger partial charge in [-0.15, -0.1) is 11.8 Å². The molecule has 1 amide bonds. The first kappa shape index (κ1) is 20.7. The van der Waals surface area contributed by atoms with Crippen molar-refractivity contribution in [3.05, 3.63) is 66.4 Å². The predicted octanol–water partition coefficient (Wildman–Crippen LogP) is 3.02. The Kier molecular flexibility index (Phi) is 6.45. The second-order valence-electron chi connectivity index (χ2n) is 6.09. The van der Waals surface area contributed by atoms with Gasteiger partial charge in [0.15, 0.2) is 0 Å². The lowest BCUT2D eigenvalue weighted by molar-refractivity contribution is -0.113. The zero-order valence-corrected chi connectivity index (χ0v) is 17.4. The van der Waals surface area contributed by atoms with Crippen molar-refractivity contribution in [1.29, 1.82) is 0 Å². The second kappa shape index (κ2) is 9.01. The average molecular weight is 430 g/mol. The number of aryl methyl sites for hydroxylation is 2. The van der Waals surface area contributed by atoms with Crippen LogP contribution in [0.1, 0.15) is 11.5 Å². The molecule has 0 aliphatic heterocycles. The number of aromatic nitrogens is 3. The van der Waals surface area contributed by atoms with E-state index in [0.717, 1.165) is 4.90 Å². The standard InChI is InChI=1S/C19H19N5O3S2/c1-13-11-18(22-14(2)21-13)24-29(26,27)17-5-3-15(4-6-17)23-19(25)12-28-16-7-9-20-10-8-16/h3-11H,12H2,1-2H3,(H,23,25)(H,21,22,24). The molecule has 2 N–H and O–H groups in total. The number of pyridine rings is 1. The van der Waals surface area contributed by atoms with Gasteiger partial charge in [0.25, 0.3) is 10.0 Å². The van der Waals surface area contributed by atoms with Gasteiger partial charge >= 0.3 is 0 Å². The van der Waals surface area contributed by atoms with Crippen LogP contribution in [0.3, 0.4) is 0 Å². The molecule has 0 saturated heterocycles. The highest BCUT2D eigenvalue weighted by atomic mass is 32.2. The zero-order valence-electron chi connectivity index (χ0n) is 15.8. The van der Waals surface area contributed by atoms with Crippen LogP contribution in [-0.2, 0) is 14.8 Å². The SMILES string of the molecule is Cc1cc(NS(=O)(=O)c2ccc(NC(=O)CSc3ccncc3)cc2)nc(C)n1. The van der Waals surface area contributed by atoms with Gasteiger partial charge in [0.2, 0.25) is 5.91 Å². The number of carbonyl (C=O) groups is 1. The van der Waals surface area contributed by atoms with Crippen LogP contribution in [0.25, 0.3) is 0 Å². The molecule has 29 heavy (non-hydrogen) atoms. The van der Waals surface area contributed by atoms with E-state index in [1.807, 2.05) is 12.1 Å². The summed E-state index contributed by atoms with van der Waals surface area (Å²) in [5.41, 5.74) is 1.18. The molecule has 2 aromatic heterocycles. The first-order valence-corrected chi connectivity index (χ1v) is 11.1. The van der Waals surface area contributed by atoms with Gasteiger partial charge in [-0.3, -0.25) is 14.5 Å². The third kappa shape index (κ3) is 6.00. The lowest BCUT2D eigenvalue weighted by Gasteiger charge is -2.10. The molecular formula is C19H19N5O3S2. The Labute approximate surface area is 173 Å². The molecular weight excluding hydrogens is 410 g/mol. The molecule has 8 nitrogen and oxygen atoms in total. The Morgan fingerprint density at radius 3 is 2.38 bits per heavy atom. The molecule has 0 saturated carbocycles. The fourth-order valence-corrected chi connectivity index (χ4v) is 4.14. The Bertz CT molecular complexity index is 1080. The van der Waals surface area contributed by atoms with Crippen molar-refractivity contribution < 1.29 is 13.2 Å². The first-order chi connectivity index (χ1) is 13.8. The number of hydrogen-bond acceptors (Lipinski definition) is 7. The molecule has 0 spiro atoms. The monoisotopic (exact) mass is 429 g/mol. The minimum Gasteiger partial charge on any atom is -0.325 e. The summed E-state index contributed by atoms with van der Waals surface area (Å²) in [5.74, 6) is 0.733. The molecule has 0 radical (unpaired) electrons. The van der Waals surface area contributed by atoms with Crippen molar-refractivity contribution in [2.24, 2.45) is 0 Å². The van der Waals surface area contributed by atoms with Crippen LogP contribution in [0.2, 0.25) is 0 Å².